The lowest BCUT2D eigenvalue weighted by molar-refractivity contribution is -0.128. The van der Waals surface area contributed by atoms with E-state index in [0.29, 0.717) is 12.5 Å². The zero-order valence-electron chi connectivity index (χ0n) is 15.5. The fourth-order valence-corrected chi connectivity index (χ4v) is 2.76. The largest absolute Gasteiger partial charge is 0.444 e. The van der Waals surface area contributed by atoms with Crippen LogP contribution in [-0.4, -0.2) is 54.1 Å². The number of hydrogen-bond donors (Lipinski definition) is 0. The Balaban J connectivity index is 2.43. The van der Waals surface area contributed by atoms with E-state index in [9.17, 15) is 9.59 Å². The second-order valence-corrected chi connectivity index (χ2v) is 7.39. The van der Waals surface area contributed by atoms with Gasteiger partial charge in [0.2, 0.25) is 5.91 Å². The van der Waals surface area contributed by atoms with Gasteiger partial charge in [-0.2, -0.15) is 0 Å². The zero-order chi connectivity index (χ0) is 17.6. The fraction of sp³-hybridized carbons (Fsp3) is 0.778. The Labute approximate surface area is 140 Å². The van der Waals surface area contributed by atoms with Crippen molar-refractivity contribution in [1.29, 1.82) is 0 Å². The molecule has 5 heteroatoms. The number of ether oxygens (including phenoxy) is 1. The Morgan fingerprint density at radius 1 is 1.26 bits per heavy atom. The molecule has 0 radical (unpaired) electrons. The Morgan fingerprint density at radius 2 is 1.83 bits per heavy atom. The van der Waals surface area contributed by atoms with Crippen molar-refractivity contribution in [3.05, 3.63) is 11.6 Å². The van der Waals surface area contributed by atoms with Crippen molar-refractivity contribution in [3.8, 4) is 0 Å². The summed E-state index contributed by atoms with van der Waals surface area (Å²) >= 11 is 0. The lowest BCUT2D eigenvalue weighted by Crippen LogP contribution is -2.43. The van der Waals surface area contributed by atoms with Gasteiger partial charge in [-0.3, -0.25) is 4.79 Å². The van der Waals surface area contributed by atoms with Gasteiger partial charge in [0.15, 0.2) is 0 Å². The number of nitrogens with zero attached hydrogens (tertiary/aromatic N) is 2. The average molecular weight is 324 g/mol. The van der Waals surface area contributed by atoms with Crippen LogP contribution in [0.3, 0.4) is 0 Å². The molecule has 2 amide bonds. The highest BCUT2D eigenvalue weighted by Crippen LogP contribution is 2.20. The van der Waals surface area contributed by atoms with E-state index in [1.54, 1.807) is 11.9 Å². The van der Waals surface area contributed by atoms with Gasteiger partial charge < -0.3 is 14.5 Å². The predicted molar refractivity (Wildman–Crippen MR) is 92.2 cm³/mol. The number of carbonyl (C=O) groups excluding carboxylic acids is 2. The molecule has 0 spiro atoms. The van der Waals surface area contributed by atoms with E-state index >= 15 is 0 Å². The van der Waals surface area contributed by atoms with Crippen LogP contribution in [0.4, 0.5) is 4.79 Å². The van der Waals surface area contributed by atoms with Gasteiger partial charge in [-0.15, -0.1) is 0 Å². The summed E-state index contributed by atoms with van der Waals surface area (Å²) in [5.41, 5.74) is 0.362. The van der Waals surface area contributed by atoms with E-state index in [4.69, 9.17) is 4.74 Å². The molecule has 23 heavy (non-hydrogen) atoms. The quantitative estimate of drug-likeness (QED) is 0.744. The van der Waals surface area contributed by atoms with Crippen molar-refractivity contribution >= 4 is 12.0 Å². The molecule has 1 saturated heterocycles. The monoisotopic (exact) mass is 324 g/mol. The summed E-state index contributed by atoms with van der Waals surface area (Å²) in [6.45, 7) is 11.7. The van der Waals surface area contributed by atoms with Crippen LogP contribution < -0.4 is 0 Å². The lowest BCUT2D eigenvalue weighted by Gasteiger charge is -2.34. The van der Waals surface area contributed by atoms with E-state index < -0.39 is 5.60 Å². The number of likely N-dealkylation sites (tertiary alicyclic amines) is 1. The van der Waals surface area contributed by atoms with Gasteiger partial charge in [0.25, 0.3) is 0 Å². The van der Waals surface area contributed by atoms with Gasteiger partial charge in [-0.05, 0) is 52.9 Å². The number of carbonyl (C=O) groups is 2. The molecular formula is C18H32N2O3. The molecule has 132 valence electrons. The highest BCUT2D eigenvalue weighted by atomic mass is 16.6. The molecule has 0 aromatic heterocycles. The summed E-state index contributed by atoms with van der Waals surface area (Å²) in [6, 6.07) is 0. The first kappa shape index (κ1) is 19.5. The first-order valence-corrected chi connectivity index (χ1v) is 8.54. The molecular weight excluding hydrogens is 292 g/mol. The van der Waals surface area contributed by atoms with Crippen molar-refractivity contribution in [2.24, 2.45) is 5.92 Å². The van der Waals surface area contributed by atoms with Crippen LogP contribution in [-0.2, 0) is 9.53 Å². The normalized spacial score (nSPS) is 17.1. The minimum atomic E-state index is -0.468. The predicted octanol–water partition coefficient (Wildman–Crippen LogP) is 3.45. The Bertz CT molecular complexity index is 444. The van der Waals surface area contributed by atoms with Gasteiger partial charge in [0, 0.05) is 32.3 Å². The molecule has 0 saturated carbocycles. The maximum atomic E-state index is 12.3. The van der Waals surface area contributed by atoms with Crippen LogP contribution in [0.25, 0.3) is 0 Å². The van der Waals surface area contributed by atoms with Crippen LogP contribution >= 0.6 is 0 Å². The third-order valence-corrected chi connectivity index (χ3v) is 3.99. The first-order valence-electron chi connectivity index (χ1n) is 8.54. The zero-order valence-corrected chi connectivity index (χ0v) is 15.5. The van der Waals surface area contributed by atoms with Gasteiger partial charge in [0.05, 0.1) is 0 Å². The summed E-state index contributed by atoms with van der Waals surface area (Å²) < 4.78 is 5.37. The van der Waals surface area contributed by atoms with Gasteiger partial charge in [-0.1, -0.05) is 13.0 Å². The molecule has 0 aromatic carbocycles. The fourth-order valence-electron chi connectivity index (χ4n) is 2.76. The minimum absolute atomic E-state index is 0.144. The average Bonchev–Trinajstić information content (AvgIpc) is 2.45. The first-order chi connectivity index (χ1) is 10.6. The van der Waals surface area contributed by atoms with Crippen molar-refractivity contribution in [3.63, 3.8) is 0 Å². The van der Waals surface area contributed by atoms with E-state index in [1.807, 2.05) is 45.6 Å². The van der Waals surface area contributed by atoms with Crippen molar-refractivity contribution in [1.82, 2.24) is 9.80 Å². The molecule has 5 nitrogen and oxygen atoms in total. The van der Waals surface area contributed by atoms with Gasteiger partial charge in [-0.25, -0.2) is 4.79 Å². The summed E-state index contributed by atoms with van der Waals surface area (Å²) in [5, 5.41) is 0. The van der Waals surface area contributed by atoms with Gasteiger partial charge >= 0.3 is 6.09 Å². The van der Waals surface area contributed by atoms with Crippen LogP contribution in [0.1, 0.15) is 53.9 Å². The third-order valence-electron chi connectivity index (χ3n) is 3.99. The summed E-state index contributed by atoms with van der Waals surface area (Å²) in [6.07, 6.45) is 4.44. The second kappa shape index (κ2) is 8.37. The highest BCUT2D eigenvalue weighted by Gasteiger charge is 2.26. The van der Waals surface area contributed by atoms with Crippen LogP contribution in [0, 0.1) is 5.92 Å². The highest BCUT2D eigenvalue weighted by molar-refractivity contribution is 5.92. The number of hydrogen-bond acceptors (Lipinski definition) is 3. The van der Waals surface area contributed by atoms with Crippen molar-refractivity contribution in [2.45, 2.75) is 59.5 Å². The van der Waals surface area contributed by atoms with Crippen LogP contribution in [0.15, 0.2) is 11.6 Å². The number of amides is 2. The van der Waals surface area contributed by atoms with E-state index in [2.05, 4.69) is 0 Å². The number of allylic oxidation sites excluding steroid dienone is 1. The third kappa shape index (κ3) is 6.63. The Kier molecular flexibility index (Phi) is 7.10. The molecule has 1 fully saturated rings. The summed E-state index contributed by atoms with van der Waals surface area (Å²) in [7, 11) is 1.78. The van der Waals surface area contributed by atoms with Crippen molar-refractivity contribution < 1.29 is 14.3 Å². The lowest BCUT2D eigenvalue weighted by atomic mass is 9.96. The van der Waals surface area contributed by atoms with Crippen LogP contribution in [0.2, 0.25) is 0 Å². The number of rotatable bonds is 4. The molecule has 0 unspecified atom stereocenters. The van der Waals surface area contributed by atoms with E-state index in [1.165, 1.54) is 0 Å². The minimum Gasteiger partial charge on any atom is -0.444 e. The maximum absolute atomic E-state index is 12.3. The van der Waals surface area contributed by atoms with Gasteiger partial charge in [0.1, 0.15) is 5.60 Å². The topological polar surface area (TPSA) is 49.9 Å². The van der Waals surface area contributed by atoms with Crippen molar-refractivity contribution in [2.75, 3.05) is 26.7 Å². The second-order valence-electron chi connectivity index (χ2n) is 7.39. The Hall–Kier alpha value is -1.52. The smallest absolute Gasteiger partial charge is 0.410 e. The molecule has 0 bridgehead atoms. The van der Waals surface area contributed by atoms with E-state index in [-0.39, 0.29) is 12.0 Å². The number of piperidine rings is 1. The molecule has 1 heterocycles. The standard InChI is InChI=1S/C18H32N2O3/c1-7-8-14(2)16(21)20-11-9-15(10-12-20)13-19(6)17(22)23-18(3,4)5/h8,15H,7,9-13H2,1-6H3/b14-8-. The summed E-state index contributed by atoms with van der Waals surface area (Å²) in [5.74, 6) is 0.567. The molecule has 1 aliphatic rings. The summed E-state index contributed by atoms with van der Waals surface area (Å²) in [4.78, 5) is 27.8. The SMILES string of the molecule is CC/C=C(/C)C(=O)N1CCC(CN(C)C(=O)OC(C)(C)C)CC1. The van der Waals surface area contributed by atoms with E-state index in [0.717, 1.165) is 37.9 Å². The molecule has 0 N–H and O–H groups in total. The molecule has 1 aliphatic heterocycles. The molecule has 0 atom stereocenters. The van der Waals surface area contributed by atoms with Crippen LogP contribution in [0.5, 0.6) is 0 Å². The maximum Gasteiger partial charge on any atom is 0.410 e. The molecule has 0 aromatic rings. The molecule has 0 aliphatic carbocycles. The Morgan fingerprint density at radius 3 is 2.30 bits per heavy atom. The molecule has 1 rings (SSSR count).